The molecule has 1 rings (SSSR count). The van der Waals surface area contributed by atoms with Gasteiger partial charge in [0.1, 0.15) is 0 Å². The lowest BCUT2D eigenvalue weighted by atomic mass is 10.1. The number of nitrogens with one attached hydrogen (secondary N) is 1. The highest BCUT2D eigenvalue weighted by Crippen LogP contribution is 2.21. The summed E-state index contributed by atoms with van der Waals surface area (Å²) in [5.74, 6) is -2.92. The minimum Gasteiger partial charge on any atom is -0.494 e. The molecule has 0 aliphatic heterocycles. The smallest absolute Gasteiger partial charge is 0.307 e. The number of sulfonamides is 1. The summed E-state index contributed by atoms with van der Waals surface area (Å²) in [6, 6.07) is 2.36. The van der Waals surface area contributed by atoms with Crippen LogP contribution in [0.4, 0.5) is 4.39 Å². The number of benzene rings is 1. The van der Waals surface area contributed by atoms with E-state index in [1.165, 1.54) is 33.1 Å². The number of hydrogen-bond donors (Lipinski definition) is 2. The van der Waals surface area contributed by atoms with Crippen molar-refractivity contribution in [3.63, 3.8) is 0 Å². The Morgan fingerprint density at radius 2 is 2.00 bits per heavy atom. The fourth-order valence-corrected chi connectivity index (χ4v) is 2.78. The van der Waals surface area contributed by atoms with Crippen molar-refractivity contribution in [2.45, 2.75) is 24.8 Å². The van der Waals surface area contributed by atoms with Crippen molar-refractivity contribution in [3.8, 4) is 5.75 Å². The van der Waals surface area contributed by atoms with Crippen LogP contribution in [0.25, 0.3) is 0 Å². The van der Waals surface area contributed by atoms with E-state index < -0.39 is 33.8 Å². The summed E-state index contributed by atoms with van der Waals surface area (Å²) in [5, 5.41) is 8.82. The third-order valence-electron chi connectivity index (χ3n) is 2.91. The first-order valence-electron chi connectivity index (χ1n) is 5.77. The number of ether oxygens (including phenoxy) is 1. The zero-order valence-corrected chi connectivity index (χ0v) is 12.1. The molecule has 112 valence electrons. The lowest BCUT2D eigenvalue weighted by Crippen LogP contribution is -2.40. The number of rotatable bonds is 6. The van der Waals surface area contributed by atoms with E-state index in [9.17, 15) is 17.6 Å². The van der Waals surface area contributed by atoms with Crippen LogP contribution in [0.2, 0.25) is 0 Å². The van der Waals surface area contributed by atoms with Gasteiger partial charge < -0.3 is 9.84 Å². The average molecular weight is 305 g/mol. The predicted octanol–water partition coefficient (Wildman–Crippen LogP) is 1.22. The molecular weight excluding hydrogens is 289 g/mol. The summed E-state index contributed by atoms with van der Waals surface area (Å²) >= 11 is 0. The maximum absolute atomic E-state index is 13.5. The standard InChI is InChI=1S/C12H16FNO5S/c1-7(12(15)16)8(2)14-20(17,18)9-4-5-11(19-3)10(13)6-9/h4-8,14H,1-3H3,(H,15,16). The first-order chi connectivity index (χ1) is 9.19. The normalized spacial score (nSPS) is 14.6. The maximum Gasteiger partial charge on any atom is 0.307 e. The van der Waals surface area contributed by atoms with Crippen molar-refractivity contribution in [2.75, 3.05) is 7.11 Å². The van der Waals surface area contributed by atoms with Crippen molar-refractivity contribution in [2.24, 2.45) is 5.92 Å². The summed E-state index contributed by atoms with van der Waals surface area (Å²) < 4.78 is 44.4. The van der Waals surface area contributed by atoms with Crippen LogP contribution in [0.3, 0.4) is 0 Å². The highest BCUT2D eigenvalue weighted by Gasteiger charge is 2.25. The second kappa shape index (κ2) is 6.19. The summed E-state index contributed by atoms with van der Waals surface area (Å²) in [4.78, 5) is 10.5. The van der Waals surface area contributed by atoms with E-state index in [1.54, 1.807) is 0 Å². The Kier molecular flexibility index (Phi) is 5.07. The third kappa shape index (κ3) is 3.67. The van der Waals surface area contributed by atoms with E-state index in [4.69, 9.17) is 9.84 Å². The second-order valence-electron chi connectivity index (χ2n) is 4.33. The zero-order chi connectivity index (χ0) is 15.5. The van der Waals surface area contributed by atoms with Gasteiger partial charge in [0, 0.05) is 6.04 Å². The monoisotopic (exact) mass is 305 g/mol. The van der Waals surface area contributed by atoms with Gasteiger partial charge in [-0.2, -0.15) is 0 Å². The van der Waals surface area contributed by atoms with Crippen molar-refractivity contribution in [1.82, 2.24) is 4.72 Å². The van der Waals surface area contributed by atoms with Crippen molar-refractivity contribution in [1.29, 1.82) is 0 Å². The Morgan fingerprint density at radius 1 is 1.40 bits per heavy atom. The molecule has 0 saturated heterocycles. The average Bonchev–Trinajstić information content (AvgIpc) is 2.36. The van der Waals surface area contributed by atoms with Gasteiger partial charge in [0.2, 0.25) is 10.0 Å². The number of aliphatic carboxylic acids is 1. The van der Waals surface area contributed by atoms with Crippen molar-refractivity contribution in [3.05, 3.63) is 24.0 Å². The van der Waals surface area contributed by atoms with Gasteiger partial charge in [0.05, 0.1) is 17.9 Å². The van der Waals surface area contributed by atoms with E-state index in [2.05, 4.69) is 4.72 Å². The molecule has 0 fully saturated rings. The molecule has 1 aromatic carbocycles. The van der Waals surface area contributed by atoms with E-state index in [0.717, 1.165) is 6.07 Å². The molecule has 20 heavy (non-hydrogen) atoms. The van der Waals surface area contributed by atoms with Gasteiger partial charge >= 0.3 is 5.97 Å². The predicted molar refractivity (Wildman–Crippen MR) is 69.5 cm³/mol. The SMILES string of the molecule is COc1ccc(S(=O)(=O)NC(C)C(C)C(=O)O)cc1F. The summed E-state index contributed by atoms with van der Waals surface area (Å²) in [5.41, 5.74) is 0. The van der Waals surface area contributed by atoms with Gasteiger partial charge in [-0.05, 0) is 25.1 Å². The van der Waals surface area contributed by atoms with E-state index >= 15 is 0 Å². The molecule has 0 radical (unpaired) electrons. The van der Waals surface area contributed by atoms with Gasteiger partial charge in [0.25, 0.3) is 0 Å². The number of halogens is 1. The van der Waals surface area contributed by atoms with Gasteiger partial charge in [-0.3, -0.25) is 4.79 Å². The number of carboxylic acid groups (broad SMARTS) is 1. The molecule has 0 bridgehead atoms. The van der Waals surface area contributed by atoms with Gasteiger partial charge in [-0.1, -0.05) is 6.92 Å². The molecule has 0 aromatic heterocycles. The molecule has 6 nitrogen and oxygen atoms in total. The molecule has 0 amide bonds. The molecule has 0 aliphatic carbocycles. The molecule has 0 aliphatic rings. The molecule has 0 heterocycles. The highest BCUT2D eigenvalue weighted by molar-refractivity contribution is 7.89. The van der Waals surface area contributed by atoms with Gasteiger partial charge in [0.15, 0.2) is 11.6 Å². The van der Waals surface area contributed by atoms with Crippen LogP contribution in [0.1, 0.15) is 13.8 Å². The molecule has 1 aromatic rings. The third-order valence-corrected chi connectivity index (χ3v) is 4.47. The zero-order valence-electron chi connectivity index (χ0n) is 11.3. The second-order valence-corrected chi connectivity index (χ2v) is 6.05. The first-order valence-corrected chi connectivity index (χ1v) is 7.26. The topological polar surface area (TPSA) is 92.7 Å². The van der Waals surface area contributed by atoms with Crippen LogP contribution in [0.15, 0.2) is 23.1 Å². The minimum atomic E-state index is -3.99. The van der Waals surface area contributed by atoms with Crippen LogP contribution in [0.5, 0.6) is 5.75 Å². The van der Waals surface area contributed by atoms with Crippen LogP contribution < -0.4 is 9.46 Å². The van der Waals surface area contributed by atoms with Crippen LogP contribution in [-0.2, 0) is 14.8 Å². The van der Waals surface area contributed by atoms with Crippen LogP contribution in [-0.4, -0.2) is 32.6 Å². The Bertz CT molecular complexity index is 602. The Labute approximate surface area is 116 Å². The highest BCUT2D eigenvalue weighted by atomic mass is 32.2. The molecule has 2 atom stereocenters. The van der Waals surface area contributed by atoms with E-state index in [1.807, 2.05) is 0 Å². The van der Waals surface area contributed by atoms with Gasteiger partial charge in [-0.15, -0.1) is 0 Å². The minimum absolute atomic E-state index is 0.0732. The van der Waals surface area contributed by atoms with E-state index in [0.29, 0.717) is 0 Å². The van der Waals surface area contributed by atoms with Crippen molar-refractivity contribution >= 4 is 16.0 Å². The Balaban J connectivity index is 3.00. The number of methoxy groups -OCH3 is 1. The van der Waals surface area contributed by atoms with Crippen LogP contribution >= 0.6 is 0 Å². The fraction of sp³-hybridized carbons (Fsp3) is 0.417. The molecule has 2 N–H and O–H groups in total. The quantitative estimate of drug-likeness (QED) is 0.824. The van der Waals surface area contributed by atoms with Gasteiger partial charge in [-0.25, -0.2) is 17.5 Å². The fourth-order valence-electron chi connectivity index (χ4n) is 1.44. The number of hydrogen-bond acceptors (Lipinski definition) is 4. The Hall–Kier alpha value is -1.67. The molecule has 8 heteroatoms. The lowest BCUT2D eigenvalue weighted by molar-refractivity contribution is -0.141. The number of carbonyl (C=O) groups is 1. The summed E-state index contributed by atoms with van der Waals surface area (Å²) in [6.07, 6.45) is 0. The molecule has 2 unspecified atom stereocenters. The largest absolute Gasteiger partial charge is 0.494 e. The summed E-state index contributed by atoms with van der Waals surface area (Å²) in [6.45, 7) is 2.81. The van der Waals surface area contributed by atoms with Crippen molar-refractivity contribution < 1.29 is 27.4 Å². The molecule has 0 saturated carbocycles. The Morgan fingerprint density at radius 3 is 2.45 bits per heavy atom. The first kappa shape index (κ1) is 16.4. The number of carboxylic acids is 1. The maximum atomic E-state index is 13.5. The van der Waals surface area contributed by atoms with Crippen LogP contribution in [0, 0.1) is 11.7 Å². The lowest BCUT2D eigenvalue weighted by Gasteiger charge is -2.18. The molecular formula is C12H16FNO5S. The van der Waals surface area contributed by atoms with E-state index in [-0.39, 0.29) is 10.6 Å². The summed E-state index contributed by atoms with van der Waals surface area (Å²) in [7, 11) is -2.73. The molecule has 0 spiro atoms.